The Morgan fingerprint density at radius 2 is 2.03 bits per heavy atom. The number of aryl methyl sites for hydroxylation is 4. The fourth-order valence-electron chi connectivity index (χ4n) is 3.78. The average Bonchev–Trinajstić information content (AvgIpc) is 3.27. The first-order chi connectivity index (χ1) is 13.9. The second kappa shape index (κ2) is 8.13. The number of hydrogen-bond acceptors (Lipinski definition) is 6. The van der Waals surface area contributed by atoms with Crippen molar-refractivity contribution < 1.29 is 9.84 Å². The molecule has 1 atom stereocenters. The van der Waals surface area contributed by atoms with E-state index < -0.39 is 6.10 Å². The molecule has 0 fully saturated rings. The molecule has 1 aromatic carbocycles. The van der Waals surface area contributed by atoms with E-state index in [0.717, 1.165) is 46.4 Å². The number of aromatic nitrogens is 2. The molecule has 0 unspecified atom stereocenters. The van der Waals surface area contributed by atoms with Gasteiger partial charge in [-0.3, -0.25) is 9.36 Å². The highest BCUT2D eigenvalue weighted by atomic mass is 32.2. The summed E-state index contributed by atoms with van der Waals surface area (Å²) in [5, 5.41) is 11.9. The van der Waals surface area contributed by atoms with E-state index in [1.165, 1.54) is 27.8 Å². The zero-order chi connectivity index (χ0) is 20.7. The summed E-state index contributed by atoms with van der Waals surface area (Å²) in [5.41, 5.74) is 4.56. The van der Waals surface area contributed by atoms with Crippen LogP contribution >= 0.6 is 23.1 Å². The summed E-state index contributed by atoms with van der Waals surface area (Å²) >= 11 is 3.04. The molecular weight excluding hydrogens is 404 g/mol. The minimum atomic E-state index is -0.653. The Hall–Kier alpha value is -1.83. The summed E-state index contributed by atoms with van der Waals surface area (Å²) < 4.78 is 7.53. The normalized spacial score (nSPS) is 14.4. The van der Waals surface area contributed by atoms with Crippen molar-refractivity contribution in [1.29, 1.82) is 0 Å². The molecule has 0 aliphatic heterocycles. The van der Waals surface area contributed by atoms with E-state index in [0.29, 0.717) is 10.9 Å². The second-order valence-corrected chi connectivity index (χ2v) is 9.80. The molecule has 0 spiro atoms. The van der Waals surface area contributed by atoms with Gasteiger partial charge in [0.25, 0.3) is 5.56 Å². The number of hydrogen-bond donors (Lipinski definition) is 1. The predicted octanol–water partition coefficient (Wildman–Crippen LogP) is 3.94. The van der Waals surface area contributed by atoms with Crippen LogP contribution in [0.5, 0.6) is 5.75 Å². The molecule has 5 nitrogen and oxygen atoms in total. The summed E-state index contributed by atoms with van der Waals surface area (Å²) in [4.78, 5) is 19.7. The van der Waals surface area contributed by atoms with Crippen molar-refractivity contribution in [2.45, 2.75) is 51.3 Å². The van der Waals surface area contributed by atoms with Crippen LogP contribution in [0.4, 0.5) is 0 Å². The summed E-state index contributed by atoms with van der Waals surface area (Å²) in [7, 11) is 1.76. The van der Waals surface area contributed by atoms with Crippen molar-refractivity contribution in [2.75, 3.05) is 12.4 Å². The van der Waals surface area contributed by atoms with E-state index >= 15 is 0 Å². The lowest BCUT2D eigenvalue weighted by Gasteiger charge is -2.17. The Morgan fingerprint density at radius 3 is 2.83 bits per heavy atom. The lowest BCUT2D eigenvalue weighted by molar-refractivity contribution is 0.125. The Bertz CT molecular complexity index is 1130. The first kappa shape index (κ1) is 20.4. The third-order valence-corrected chi connectivity index (χ3v) is 7.96. The van der Waals surface area contributed by atoms with Crippen LogP contribution in [-0.2, 0) is 19.9 Å². The van der Waals surface area contributed by atoms with Crippen molar-refractivity contribution in [3.63, 3.8) is 0 Å². The molecule has 0 bridgehead atoms. The van der Waals surface area contributed by atoms with Gasteiger partial charge in [-0.1, -0.05) is 23.9 Å². The van der Waals surface area contributed by atoms with Crippen LogP contribution in [0.15, 0.2) is 22.1 Å². The zero-order valence-electron chi connectivity index (χ0n) is 17.2. The molecule has 2 aromatic heterocycles. The second-order valence-electron chi connectivity index (χ2n) is 7.73. The maximum absolute atomic E-state index is 12.9. The predicted molar refractivity (Wildman–Crippen MR) is 120 cm³/mol. The van der Waals surface area contributed by atoms with Crippen molar-refractivity contribution >= 4 is 33.3 Å². The van der Waals surface area contributed by atoms with Gasteiger partial charge in [-0.15, -0.1) is 11.3 Å². The van der Waals surface area contributed by atoms with Gasteiger partial charge in [-0.2, -0.15) is 0 Å². The number of thiophene rings is 1. The number of aliphatic hydroxyl groups is 1. The highest BCUT2D eigenvalue weighted by molar-refractivity contribution is 7.99. The highest BCUT2D eigenvalue weighted by Gasteiger charge is 2.22. The SMILES string of the molecule is Cc1ccc(C)c(OC[C@@H](O)CSc2nc3sc4c(c3c(=O)n2C)CCC4)c1C. The summed E-state index contributed by atoms with van der Waals surface area (Å²) in [6, 6.07) is 4.11. The Morgan fingerprint density at radius 1 is 1.28 bits per heavy atom. The molecular formula is C22H26N2O3S2. The first-order valence-electron chi connectivity index (χ1n) is 9.88. The molecule has 4 rings (SSSR count). The number of rotatable bonds is 6. The van der Waals surface area contributed by atoms with Crippen molar-refractivity contribution in [3.8, 4) is 5.75 Å². The quantitative estimate of drug-likeness (QED) is 0.474. The van der Waals surface area contributed by atoms with E-state index in [4.69, 9.17) is 9.72 Å². The zero-order valence-corrected chi connectivity index (χ0v) is 18.9. The molecule has 1 aliphatic carbocycles. The summed E-state index contributed by atoms with van der Waals surface area (Å²) in [6.45, 7) is 6.31. The third-order valence-electron chi connectivity index (χ3n) is 5.60. The smallest absolute Gasteiger partial charge is 0.262 e. The van der Waals surface area contributed by atoms with Crippen LogP contribution < -0.4 is 10.3 Å². The topological polar surface area (TPSA) is 64.3 Å². The molecule has 29 heavy (non-hydrogen) atoms. The molecule has 154 valence electrons. The van der Waals surface area contributed by atoms with E-state index in [1.54, 1.807) is 23.0 Å². The number of thioether (sulfide) groups is 1. The number of fused-ring (bicyclic) bond motifs is 3. The van der Waals surface area contributed by atoms with Crippen molar-refractivity contribution in [2.24, 2.45) is 7.05 Å². The van der Waals surface area contributed by atoms with Crippen LogP contribution in [-0.4, -0.2) is 33.1 Å². The molecule has 1 N–H and O–H groups in total. The van der Waals surface area contributed by atoms with E-state index in [9.17, 15) is 9.90 Å². The number of ether oxygens (including phenoxy) is 1. The molecule has 0 radical (unpaired) electrons. The van der Waals surface area contributed by atoms with E-state index in [-0.39, 0.29) is 12.2 Å². The number of nitrogens with zero attached hydrogens (tertiary/aromatic N) is 2. The van der Waals surface area contributed by atoms with Gasteiger partial charge in [0.05, 0.1) is 11.5 Å². The van der Waals surface area contributed by atoms with Crippen molar-refractivity contribution in [1.82, 2.24) is 9.55 Å². The highest BCUT2D eigenvalue weighted by Crippen LogP contribution is 2.35. The maximum atomic E-state index is 12.9. The van der Waals surface area contributed by atoms with Gasteiger partial charge in [-0.25, -0.2) is 4.98 Å². The first-order valence-corrected chi connectivity index (χ1v) is 11.7. The molecule has 7 heteroatoms. The standard InChI is InChI=1S/C22H26N2O3S2/c1-12-8-9-13(2)19(14(12)3)27-10-15(25)11-28-22-23-20-18(21(26)24(22)4)16-6-5-7-17(16)29-20/h8-9,15,25H,5-7,10-11H2,1-4H3/t15-/m1/s1. The van der Waals surface area contributed by atoms with Gasteiger partial charge in [0, 0.05) is 17.7 Å². The van der Waals surface area contributed by atoms with Crippen LogP contribution in [0.3, 0.4) is 0 Å². The van der Waals surface area contributed by atoms with Crippen LogP contribution in [0.1, 0.15) is 33.6 Å². The fourth-order valence-corrected chi connectivity index (χ4v) is 5.96. The minimum Gasteiger partial charge on any atom is -0.490 e. The lowest BCUT2D eigenvalue weighted by atomic mass is 10.1. The van der Waals surface area contributed by atoms with Crippen LogP contribution in [0.25, 0.3) is 10.2 Å². The van der Waals surface area contributed by atoms with Gasteiger partial charge in [0.15, 0.2) is 5.16 Å². The minimum absolute atomic E-state index is 0.0219. The summed E-state index contributed by atoms with van der Waals surface area (Å²) in [5.74, 6) is 1.26. The van der Waals surface area contributed by atoms with Gasteiger partial charge >= 0.3 is 0 Å². The van der Waals surface area contributed by atoms with Crippen molar-refractivity contribution in [3.05, 3.63) is 49.6 Å². The largest absolute Gasteiger partial charge is 0.490 e. The number of aliphatic hydroxyl groups excluding tert-OH is 1. The number of benzene rings is 1. The lowest BCUT2D eigenvalue weighted by Crippen LogP contribution is -2.23. The van der Waals surface area contributed by atoms with Gasteiger partial charge in [-0.05, 0) is 62.3 Å². The maximum Gasteiger partial charge on any atom is 0.262 e. The van der Waals surface area contributed by atoms with E-state index in [2.05, 4.69) is 13.0 Å². The van der Waals surface area contributed by atoms with Gasteiger partial charge in [0.2, 0.25) is 0 Å². The van der Waals surface area contributed by atoms with Gasteiger partial charge < -0.3 is 9.84 Å². The Kier molecular flexibility index (Phi) is 5.73. The monoisotopic (exact) mass is 430 g/mol. The molecule has 3 aromatic rings. The molecule has 0 saturated heterocycles. The third kappa shape index (κ3) is 3.83. The summed E-state index contributed by atoms with van der Waals surface area (Å²) in [6.07, 6.45) is 2.51. The van der Waals surface area contributed by atoms with Crippen LogP contribution in [0, 0.1) is 20.8 Å². The Labute approximate surface area is 178 Å². The molecule has 0 amide bonds. The van der Waals surface area contributed by atoms with Gasteiger partial charge in [0.1, 0.15) is 17.2 Å². The van der Waals surface area contributed by atoms with Crippen LogP contribution in [0.2, 0.25) is 0 Å². The fraction of sp³-hybridized carbons (Fsp3) is 0.455. The van der Waals surface area contributed by atoms with E-state index in [1.807, 2.05) is 19.9 Å². The molecule has 0 saturated carbocycles. The Balaban J connectivity index is 1.45. The molecule has 2 heterocycles. The average molecular weight is 431 g/mol. The molecule has 1 aliphatic rings.